The molecule has 4 rings (SSSR count). The Labute approximate surface area is 352 Å². The summed E-state index contributed by atoms with van der Waals surface area (Å²) in [5.74, 6) is -2.31. The molecule has 0 spiro atoms. The van der Waals surface area contributed by atoms with Crippen LogP contribution in [-0.2, 0) is 55.5 Å². The number of anilines is 1. The smallest absolute Gasteiger partial charge is 0.303 e. The van der Waals surface area contributed by atoms with Crippen LogP contribution >= 0.6 is 0 Å². The van der Waals surface area contributed by atoms with E-state index in [9.17, 15) is 53.6 Å². The molecule has 2 heterocycles. The van der Waals surface area contributed by atoms with E-state index in [4.69, 9.17) is 9.47 Å². The largest absolute Gasteiger partial charge is 0.481 e. The van der Waals surface area contributed by atoms with Crippen LogP contribution in [0.4, 0.5) is 11.4 Å². The SMILES string of the molecule is COCCNC(=O)c1ccc2c(c1)C(C)(CCCS(=O)(=O)O)/C(=C\C=C\C1=[N+](CCCCCC(=O)O)c3ccc(S(=O)(=O)O)cc3C1(C)CCCS(=O)(=O)O)N2CCOC. The fourth-order valence-electron chi connectivity index (χ4n) is 8.11. The van der Waals surface area contributed by atoms with Gasteiger partial charge in [-0.3, -0.25) is 23.2 Å². The quantitative estimate of drug-likeness (QED) is 0.0552. The molecule has 17 nitrogen and oxygen atoms in total. The number of hydrogen-bond acceptors (Lipinski definition) is 11. The molecule has 0 fully saturated rings. The van der Waals surface area contributed by atoms with Gasteiger partial charge in [0.05, 0.1) is 35.0 Å². The van der Waals surface area contributed by atoms with Crippen molar-refractivity contribution in [3.05, 3.63) is 77.0 Å². The first-order valence-corrected chi connectivity index (χ1v) is 24.2. The predicted octanol–water partition coefficient (Wildman–Crippen LogP) is 4.51. The Morgan fingerprint density at radius 1 is 0.817 bits per heavy atom. The molecule has 2 aromatic carbocycles. The van der Waals surface area contributed by atoms with Crippen LogP contribution in [0.15, 0.2) is 65.2 Å². The van der Waals surface area contributed by atoms with Gasteiger partial charge in [-0.15, -0.1) is 0 Å². The number of fused-ring (bicyclic) bond motifs is 2. The number of benzene rings is 2. The van der Waals surface area contributed by atoms with E-state index in [0.29, 0.717) is 68.1 Å². The normalized spacial score (nSPS) is 20.0. The zero-order valence-electron chi connectivity index (χ0n) is 34.3. The van der Waals surface area contributed by atoms with Crippen LogP contribution in [0.2, 0.25) is 0 Å². The Bertz CT molecular complexity index is 2340. The fourth-order valence-corrected chi connectivity index (χ4v) is 9.64. The molecule has 1 amide bonds. The fraction of sp³-hybridized carbons (Fsp3) is 0.525. The van der Waals surface area contributed by atoms with Gasteiger partial charge >= 0.3 is 5.97 Å². The van der Waals surface area contributed by atoms with Gasteiger partial charge < -0.3 is 24.8 Å². The Balaban J connectivity index is 1.91. The number of nitrogens with one attached hydrogen (secondary N) is 1. The van der Waals surface area contributed by atoms with Crippen molar-refractivity contribution < 1.29 is 67.7 Å². The second kappa shape index (κ2) is 20.2. The molecule has 0 radical (unpaired) electrons. The summed E-state index contributed by atoms with van der Waals surface area (Å²) in [4.78, 5) is 26.0. The minimum atomic E-state index is -4.64. The molecule has 5 N–H and O–H groups in total. The maximum absolute atomic E-state index is 13.2. The number of carboxylic acid groups (broad SMARTS) is 1. The molecular weight excluding hydrogens is 843 g/mol. The number of aliphatic carboxylic acids is 1. The number of hydrogen-bond donors (Lipinski definition) is 5. The number of carbonyl (C=O) groups excluding carboxylic acids is 1. The third-order valence-corrected chi connectivity index (χ3v) is 13.5. The molecule has 2 aromatic rings. The summed E-state index contributed by atoms with van der Waals surface area (Å²) >= 11 is 0. The van der Waals surface area contributed by atoms with Crippen molar-refractivity contribution in [2.24, 2.45) is 0 Å². The Morgan fingerprint density at radius 2 is 1.47 bits per heavy atom. The molecule has 332 valence electrons. The van der Waals surface area contributed by atoms with Gasteiger partial charge in [-0.1, -0.05) is 6.08 Å². The molecule has 2 aliphatic heterocycles. The highest BCUT2D eigenvalue weighted by Crippen LogP contribution is 2.51. The Kier molecular flexibility index (Phi) is 16.4. The second-order valence-electron chi connectivity index (χ2n) is 15.4. The molecule has 0 saturated carbocycles. The van der Waals surface area contributed by atoms with Gasteiger partial charge in [0, 0.05) is 80.2 Å². The molecule has 2 atom stereocenters. The van der Waals surface area contributed by atoms with Crippen molar-refractivity contribution in [3.8, 4) is 0 Å². The van der Waals surface area contributed by atoms with E-state index in [2.05, 4.69) is 5.32 Å². The molecule has 0 aliphatic carbocycles. The van der Waals surface area contributed by atoms with E-state index in [-0.39, 0.29) is 49.5 Å². The summed E-state index contributed by atoms with van der Waals surface area (Å²) in [5, 5.41) is 12.0. The van der Waals surface area contributed by atoms with Crippen molar-refractivity contribution in [3.63, 3.8) is 0 Å². The lowest BCUT2D eigenvalue weighted by Crippen LogP contribution is -2.32. The topological polar surface area (TPSA) is 254 Å². The minimum absolute atomic E-state index is 0.0108. The molecule has 2 unspecified atom stereocenters. The zero-order valence-corrected chi connectivity index (χ0v) is 36.7. The van der Waals surface area contributed by atoms with Crippen molar-refractivity contribution in [2.45, 2.75) is 80.9 Å². The lowest BCUT2D eigenvalue weighted by molar-refractivity contribution is -0.438. The van der Waals surface area contributed by atoms with Gasteiger partial charge in [0.25, 0.3) is 36.3 Å². The number of unbranched alkanes of at least 4 members (excludes halogenated alkanes) is 2. The van der Waals surface area contributed by atoms with Crippen LogP contribution in [0, 0.1) is 0 Å². The van der Waals surface area contributed by atoms with Crippen molar-refractivity contribution in [1.82, 2.24) is 5.32 Å². The van der Waals surface area contributed by atoms with E-state index in [1.54, 1.807) is 31.4 Å². The van der Waals surface area contributed by atoms with E-state index in [1.807, 2.05) is 41.5 Å². The van der Waals surface area contributed by atoms with Gasteiger partial charge in [-0.2, -0.15) is 29.8 Å². The highest BCUT2D eigenvalue weighted by Gasteiger charge is 2.48. The third kappa shape index (κ3) is 12.3. The van der Waals surface area contributed by atoms with Gasteiger partial charge in [0.2, 0.25) is 5.69 Å². The number of ether oxygens (including phenoxy) is 2. The first kappa shape index (κ1) is 48.6. The average molecular weight is 899 g/mol. The number of carboxylic acids is 1. The molecule has 2 aliphatic rings. The van der Waals surface area contributed by atoms with Crippen LogP contribution < -0.4 is 10.2 Å². The number of amides is 1. The van der Waals surface area contributed by atoms with Crippen LogP contribution in [0.1, 0.15) is 86.7 Å². The van der Waals surface area contributed by atoms with Crippen LogP contribution in [-0.4, -0.2) is 125 Å². The summed E-state index contributed by atoms with van der Waals surface area (Å²) in [7, 11) is -10.2. The molecule has 0 aromatic heterocycles. The van der Waals surface area contributed by atoms with E-state index >= 15 is 0 Å². The highest BCUT2D eigenvalue weighted by atomic mass is 32.2. The first-order valence-electron chi connectivity index (χ1n) is 19.5. The highest BCUT2D eigenvalue weighted by molar-refractivity contribution is 7.86. The second-order valence-corrected chi connectivity index (χ2v) is 19.9. The van der Waals surface area contributed by atoms with Crippen LogP contribution in [0.25, 0.3) is 0 Å². The van der Waals surface area contributed by atoms with Crippen molar-refractivity contribution in [2.75, 3.05) is 63.5 Å². The van der Waals surface area contributed by atoms with Gasteiger partial charge in [0.1, 0.15) is 6.54 Å². The number of carbonyl (C=O) groups is 2. The maximum Gasteiger partial charge on any atom is 0.303 e. The summed E-state index contributed by atoms with van der Waals surface area (Å²) in [6.07, 6.45) is 7.39. The summed E-state index contributed by atoms with van der Waals surface area (Å²) in [6, 6.07) is 9.46. The molecule has 20 heteroatoms. The van der Waals surface area contributed by atoms with Gasteiger partial charge in [-0.25, -0.2) is 0 Å². The number of allylic oxidation sites excluding steroid dienone is 4. The monoisotopic (exact) mass is 898 g/mol. The molecule has 0 saturated heterocycles. The molecule has 0 bridgehead atoms. The Hall–Kier alpha value is -4.02. The summed E-state index contributed by atoms with van der Waals surface area (Å²) < 4.78 is 114. The van der Waals surface area contributed by atoms with Crippen molar-refractivity contribution in [1.29, 1.82) is 0 Å². The average Bonchev–Trinajstić information content (AvgIpc) is 3.52. The summed E-state index contributed by atoms with van der Waals surface area (Å²) in [5.41, 5.74) is 2.35. The molecule has 60 heavy (non-hydrogen) atoms. The third-order valence-electron chi connectivity index (χ3n) is 11.1. The number of nitrogens with zero attached hydrogens (tertiary/aromatic N) is 2. The summed E-state index contributed by atoms with van der Waals surface area (Å²) in [6.45, 7) is 5.36. The minimum Gasteiger partial charge on any atom is -0.481 e. The predicted molar refractivity (Wildman–Crippen MR) is 225 cm³/mol. The van der Waals surface area contributed by atoms with Gasteiger partial charge in [0.15, 0.2) is 5.71 Å². The van der Waals surface area contributed by atoms with E-state index < -0.39 is 58.7 Å². The van der Waals surface area contributed by atoms with Crippen LogP contribution in [0.5, 0.6) is 0 Å². The number of rotatable bonds is 24. The molecular formula is C40H56N3O14S3+. The van der Waals surface area contributed by atoms with Crippen molar-refractivity contribution >= 4 is 59.3 Å². The zero-order chi connectivity index (χ0) is 44.5. The first-order chi connectivity index (χ1) is 28.1. The van der Waals surface area contributed by atoms with E-state index in [0.717, 1.165) is 16.9 Å². The Morgan fingerprint density at radius 3 is 2.07 bits per heavy atom. The standard InChI is InChI=1S/C40H55N3O14S3/c1-39(18-9-25-58(47,48)49)31-27-29(38(46)41-20-23-56-3)14-16-33(31)43(22-24-57-4)36(39)12-8-11-35-40(2,19-10-26-59(50,51)52)32-28-30(60(53,54)55)15-17-34(32)42(35)21-7-5-6-13-37(44)45/h8,11-12,14-17,27-28H,5-7,9-10,13,18-26H2,1-4H3,(H4-,41,44,45,46,47,48,49,50,51,52,53,54,55)/p+1. The lowest BCUT2D eigenvalue weighted by atomic mass is 9.75. The van der Waals surface area contributed by atoms with E-state index in [1.165, 1.54) is 19.2 Å². The van der Waals surface area contributed by atoms with Crippen LogP contribution in [0.3, 0.4) is 0 Å². The number of methoxy groups -OCH3 is 2. The van der Waals surface area contributed by atoms with Gasteiger partial charge in [-0.05, 0) is 94.3 Å². The maximum atomic E-state index is 13.2. The lowest BCUT2D eigenvalue weighted by Gasteiger charge is -2.30.